The van der Waals surface area contributed by atoms with Crippen LogP contribution in [0.1, 0.15) is 90.0 Å². The van der Waals surface area contributed by atoms with Gasteiger partial charge in [0.2, 0.25) is 5.91 Å². The number of aryl methyl sites for hydroxylation is 1. The van der Waals surface area contributed by atoms with Crippen LogP contribution in [0.15, 0.2) is 30.3 Å². The van der Waals surface area contributed by atoms with Gasteiger partial charge in [-0.1, -0.05) is 82.7 Å². The molecule has 2 rings (SSSR count). The van der Waals surface area contributed by atoms with E-state index in [-0.39, 0.29) is 11.9 Å². The maximum absolute atomic E-state index is 12.6. The van der Waals surface area contributed by atoms with Crippen LogP contribution in [0.3, 0.4) is 0 Å². The minimum absolute atomic E-state index is 0.00585. The van der Waals surface area contributed by atoms with Crippen LogP contribution in [-0.2, 0) is 11.2 Å². The Morgan fingerprint density at radius 1 is 1.03 bits per heavy atom. The lowest BCUT2D eigenvalue weighted by molar-refractivity contribution is -0.124. The molecule has 4 nitrogen and oxygen atoms in total. The van der Waals surface area contributed by atoms with Gasteiger partial charge in [0.1, 0.15) is 6.10 Å². The van der Waals surface area contributed by atoms with Gasteiger partial charge in [0.05, 0.1) is 12.1 Å². The minimum Gasteiger partial charge on any atom is -0.390 e. The zero-order valence-electron chi connectivity index (χ0n) is 19.1. The summed E-state index contributed by atoms with van der Waals surface area (Å²) >= 11 is 0. The van der Waals surface area contributed by atoms with Crippen molar-refractivity contribution in [2.45, 2.75) is 109 Å². The smallest absolute Gasteiger partial charge is 0.220 e. The number of hydrogen-bond donors (Lipinski definition) is 3. The van der Waals surface area contributed by atoms with E-state index in [9.17, 15) is 15.0 Å². The highest BCUT2D eigenvalue weighted by molar-refractivity contribution is 5.76. The molecule has 4 heteroatoms. The highest BCUT2D eigenvalue weighted by Crippen LogP contribution is 2.29. The van der Waals surface area contributed by atoms with E-state index in [4.69, 9.17) is 0 Å². The highest BCUT2D eigenvalue weighted by atomic mass is 16.3. The first-order valence-electron chi connectivity index (χ1n) is 12.1. The van der Waals surface area contributed by atoms with Crippen LogP contribution in [0.4, 0.5) is 0 Å². The van der Waals surface area contributed by atoms with Gasteiger partial charge in [-0.25, -0.2) is 0 Å². The Hall–Kier alpha value is -1.39. The van der Waals surface area contributed by atoms with Gasteiger partial charge in [0.15, 0.2) is 0 Å². The van der Waals surface area contributed by atoms with Crippen LogP contribution >= 0.6 is 0 Å². The van der Waals surface area contributed by atoms with Gasteiger partial charge in [-0.05, 0) is 49.5 Å². The SMILES string of the molecule is CC(C)CC(O)C(O)C(CC1CCCCC1)NC(=O)CCCCCc1ccccc1. The third-order valence-corrected chi connectivity index (χ3v) is 6.39. The van der Waals surface area contributed by atoms with Crippen LogP contribution in [-0.4, -0.2) is 34.4 Å². The third kappa shape index (κ3) is 9.61. The standard InChI is InChI=1S/C26H43NO3/c1-20(2)18-24(28)26(30)23(19-22-15-9-4-10-16-22)27-25(29)17-11-5-8-14-21-12-6-3-7-13-21/h3,6-7,12-13,20,22-24,26,28,30H,4-5,8-11,14-19H2,1-2H3,(H,27,29). The van der Waals surface area contributed by atoms with Crippen molar-refractivity contribution >= 4 is 5.91 Å². The Balaban J connectivity index is 1.78. The van der Waals surface area contributed by atoms with Gasteiger partial charge in [0.25, 0.3) is 0 Å². The Kier molecular flexibility index (Phi) is 11.5. The van der Waals surface area contributed by atoms with Crippen molar-refractivity contribution in [2.24, 2.45) is 11.8 Å². The first kappa shape index (κ1) is 24.9. The summed E-state index contributed by atoms with van der Waals surface area (Å²) in [5.41, 5.74) is 1.34. The number of unbranched alkanes of at least 4 members (excludes halogenated alkanes) is 2. The quantitative estimate of drug-likeness (QED) is 0.395. The van der Waals surface area contributed by atoms with Crippen molar-refractivity contribution in [2.75, 3.05) is 0 Å². The molecule has 0 aliphatic heterocycles. The van der Waals surface area contributed by atoms with E-state index >= 15 is 0 Å². The summed E-state index contributed by atoms with van der Waals surface area (Å²) in [6, 6.07) is 10.1. The monoisotopic (exact) mass is 417 g/mol. The third-order valence-electron chi connectivity index (χ3n) is 6.39. The summed E-state index contributed by atoms with van der Waals surface area (Å²) in [7, 11) is 0. The molecule has 3 N–H and O–H groups in total. The van der Waals surface area contributed by atoms with Gasteiger partial charge in [-0.15, -0.1) is 0 Å². The molecule has 1 aromatic carbocycles. The Bertz CT molecular complexity index is 583. The first-order chi connectivity index (χ1) is 14.5. The Labute approximate surface area is 183 Å². The maximum Gasteiger partial charge on any atom is 0.220 e. The van der Waals surface area contributed by atoms with Gasteiger partial charge >= 0.3 is 0 Å². The lowest BCUT2D eigenvalue weighted by atomic mass is 9.82. The first-order valence-corrected chi connectivity index (χ1v) is 12.1. The van der Waals surface area contributed by atoms with Crippen LogP contribution in [0.25, 0.3) is 0 Å². The fourth-order valence-electron chi connectivity index (χ4n) is 4.67. The number of amides is 1. The number of rotatable bonds is 13. The molecule has 0 saturated heterocycles. The molecule has 170 valence electrons. The van der Waals surface area contributed by atoms with Crippen LogP contribution in [0.2, 0.25) is 0 Å². The molecule has 1 fully saturated rings. The van der Waals surface area contributed by atoms with Gasteiger partial charge in [-0.3, -0.25) is 4.79 Å². The average Bonchev–Trinajstić information content (AvgIpc) is 2.73. The van der Waals surface area contributed by atoms with E-state index in [0.717, 1.165) is 32.1 Å². The molecule has 30 heavy (non-hydrogen) atoms. The van der Waals surface area contributed by atoms with Crippen molar-refractivity contribution in [3.8, 4) is 0 Å². The molecule has 0 radical (unpaired) electrons. The summed E-state index contributed by atoms with van der Waals surface area (Å²) in [6.07, 6.45) is 10.2. The molecule has 1 aliphatic rings. The van der Waals surface area contributed by atoms with Gasteiger partial charge < -0.3 is 15.5 Å². The summed E-state index contributed by atoms with van der Waals surface area (Å²) in [5, 5.41) is 24.3. The molecule has 0 aromatic heterocycles. The maximum atomic E-state index is 12.6. The van der Waals surface area contributed by atoms with Crippen molar-refractivity contribution in [3.05, 3.63) is 35.9 Å². The van der Waals surface area contributed by atoms with Crippen molar-refractivity contribution in [3.63, 3.8) is 0 Å². The summed E-state index contributed by atoms with van der Waals surface area (Å²) < 4.78 is 0. The average molecular weight is 418 g/mol. The summed E-state index contributed by atoms with van der Waals surface area (Å²) in [4.78, 5) is 12.6. The Morgan fingerprint density at radius 3 is 2.40 bits per heavy atom. The van der Waals surface area contributed by atoms with Crippen molar-refractivity contribution < 1.29 is 15.0 Å². The van der Waals surface area contributed by atoms with Gasteiger partial charge in [0, 0.05) is 6.42 Å². The van der Waals surface area contributed by atoms with E-state index < -0.39 is 12.2 Å². The molecule has 1 aliphatic carbocycles. The molecule has 1 saturated carbocycles. The van der Waals surface area contributed by atoms with Gasteiger partial charge in [-0.2, -0.15) is 0 Å². The molecular weight excluding hydrogens is 374 g/mol. The molecular formula is C26H43NO3. The normalized spacial score (nSPS) is 18.2. The van der Waals surface area contributed by atoms with Crippen LogP contribution in [0.5, 0.6) is 0 Å². The van der Waals surface area contributed by atoms with E-state index in [0.29, 0.717) is 24.7 Å². The Morgan fingerprint density at radius 2 is 1.73 bits per heavy atom. The molecule has 0 bridgehead atoms. The van der Waals surface area contributed by atoms with Crippen LogP contribution < -0.4 is 5.32 Å². The summed E-state index contributed by atoms with van der Waals surface area (Å²) in [6.45, 7) is 4.08. The second-order valence-corrected chi connectivity index (χ2v) is 9.65. The number of benzene rings is 1. The largest absolute Gasteiger partial charge is 0.390 e. The number of nitrogens with one attached hydrogen (secondary N) is 1. The van der Waals surface area contributed by atoms with Crippen LogP contribution in [0, 0.1) is 11.8 Å². The van der Waals surface area contributed by atoms with Crippen molar-refractivity contribution in [1.29, 1.82) is 0 Å². The van der Waals surface area contributed by atoms with E-state index in [2.05, 4.69) is 29.6 Å². The zero-order valence-corrected chi connectivity index (χ0v) is 19.1. The molecule has 1 aromatic rings. The fraction of sp³-hybridized carbons (Fsp3) is 0.731. The topological polar surface area (TPSA) is 69.6 Å². The highest BCUT2D eigenvalue weighted by Gasteiger charge is 2.30. The van der Waals surface area contributed by atoms with E-state index in [1.54, 1.807) is 0 Å². The number of hydrogen-bond acceptors (Lipinski definition) is 3. The molecule has 1 amide bonds. The lowest BCUT2D eigenvalue weighted by Crippen LogP contribution is -2.49. The summed E-state index contributed by atoms with van der Waals surface area (Å²) in [5.74, 6) is 0.854. The van der Waals surface area contributed by atoms with E-state index in [1.807, 2.05) is 19.9 Å². The number of aliphatic hydroxyl groups excluding tert-OH is 2. The number of aliphatic hydroxyl groups is 2. The molecule has 0 spiro atoms. The second-order valence-electron chi connectivity index (χ2n) is 9.65. The number of carbonyl (C=O) groups is 1. The fourth-order valence-corrected chi connectivity index (χ4v) is 4.67. The lowest BCUT2D eigenvalue weighted by Gasteiger charge is -2.32. The minimum atomic E-state index is -0.892. The molecule has 0 heterocycles. The zero-order chi connectivity index (χ0) is 21.8. The predicted molar refractivity (Wildman–Crippen MR) is 123 cm³/mol. The van der Waals surface area contributed by atoms with E-state index in [1.165, 1.54) is 37.7 Å². The second kappa shape index (κ2) is 13.8. The molecule has 3 unspecified atom stereocenters. The number of carbonyl (C=O) groups excluding carboxylic acids is 1. The van der Waals surface area contributed by atoms with Crippen molar-refractivity contribution in [1.82, 2.24) is 5.32 Å². The molecule has 3 atom stereocenters. The predicted octanol–water partition coefficient (Wildman–Crippen LogP) is 5.01.